The molecular formula is C30H45N8O20P3S2. The number of nitrogen functional groups attached to an aromatic ring is 1. The van der Waals surface area contributed by atoms with Crippen molar-refractivity contribution in [3.63, 3.8) is 0 Å². The lowest BCUT2D eigenvalue weighted by Crippen LogP contribution is -2.42. The molecule has 28 nitrogen and oxygen atoms in total. The second kappa shape index (κ2) is 24.4. The number of anilines is 1. The number of ether oxygens (including phenoxy) is 1. The SMILES string of the molecule is Nc1nc2c(c(C#CCNC(=O)CCSSCC(N)C(=O)NCCCCCC(=O)NC(CC(=O)O)C(=O)O)cn2C2CC(O)C(COP(=O)(O)OP(=O)(O)OP(=O)(O)O)O2)c(=O)[nH]1. The molecule has 352 valence electrons. The van der Waals surface area contributed by atoms with Crippen LogP contribution in [0.4, 0.5) is 5.95 Å². The third kappa shape index (κ3) is 19.0. The van der Waals surface area contributed by atoms with Crippen molar-refractivity contribution in [1.29, 1.82) is 0 Å². The molecule has 0 bridgehead atoms. The second-order valence-corrected chi connectivity index (χ2v) is 20.2. The molecule has 63 heavy (non-hydrogen) atoms. The first-order valence-corrected chi connectivity index (χ1v) is 25.2. The van der Waals surface area contributed by atoms with Crippen LogP contribution < -0.4 is 33.0 Å². The molecule has 1 saturated heterocycles. The quantitative estimate of drug-likeness (QED) is 0.0223. The zero-order valence-corrected chi connectivity index (χ0v) is 36.9. The minimum absolute atomic E-state index is 0.0129. The van der Waals surface area contributed by atoms with Crippen molar-refractivity contribution in [2.75, 3.05) is 36.9 Å². The number of hydrogen-bond acceptors (Lipinski definition) is 19. The van der Waals surface area contributed by atoms with Crippen LogP contribution in [-0.4, -0.2) is 135 Å². The molecule has 0 aromatic carbocycles. The molecule has 0 saturated carbocycles. The van der Waals surface area contributed by atoms with Crippen LogP contribution in [0.5, 0.6) is 0 Å². The van der Waals surface area contributed by atoms with Crippen molar-refractivity contribution < 1.29 is 90.4 Å². The number of amides is 3. The highest BCUT2D eigenvalue weighted by Gasteiger charge is 2.43. The van der Waals surface area contributed by atoms with E-state index >= 15 is 0 Å². The van der Waals surface area contributed by atoms with Gasteiger partial charge in [0.1, 0.15) is 18.4 Å². The number of aromatic amines is 1. The Bertz CT molecular complexity index is 2250. The lowest BCUT2D eigenvalue weighted by atomic mass is 10.1. The highest BCUT2D eigenvalue weighted by atomic mass is 33.1. The highest BCUT2D eigenvalue weighted by molar-refractivity contribution is 8.76. The lowest BCUT2D eigenvalue weighted by molar-refractivity contribution is -0.147. The van der Waals surface area contributed by atoms with Crippen LogP contribution in [0.25, 0.3) is 11.0 Å². The third-order valence-corrected chi connectivity index (χ3v) is 14.3. The van der Waals surface area contributed by atoms with Crippen molar-refractivity contribution in [3.8, 4) is 11.8 Å². The number of nitrogens with two attached hydrogens (primary N) is 2. The number of fused-ring (bicyclic) bond motifs is 1. The van der Waals surface area contributed by atoms with Crippen molar-refractivity contribution in [3.05, 3.63) is 22.1 Å². The zero-order valence-electron chi connectivity index (χ0n) is 32.6. The van der Waals surface area contributed by atoms with E-state index in [1.54, 1.807) is 0 Å². The summed E-state index contributed by atoms with van der Waals surface area (Å²) in [6.45, 7) is -0.796. The van der Waals surface area contributed by atoms with Gasteiger partial charge >= 0.3 is 35.4 Å². The number of aliphatic hydroxyl groups is 1. The van der Waals surface area contributed by atoms with Gasteiger partial charge in [-0.2, -0.15) is 13.6 Å². The van der Waals surface area contributed by atoms with Gasteiger partial charge in [0.2, 0.25) is 23.7 Å². The van der Waals surface area contributed by atoms with Crippen LogP contribution in [0.3, 0.4) is 0 Å². The molecule has 3 heterocycles. The maximum absolute atomic E-state index is 12.9. The Kier molecular flexibility index (Phi) is 20.7. The molecule has 33 heteroatoms. The van der Waals surface area contributed by atoms with Gasteiger partial charge < -0.3 is 71.6 Å². The molecule has 1 aliphatic heterocycles. The van der Waals surface area contributed by atoms with Crippen LogP contribution in [0.15, 0.2) is 11.0 Å². The van der Waals surface area contributed by atoms with Crippen molar-refractivity contribution in [1.82, 2.24) is 30.5 Å². The molecule has 2 aromatic heterocycles. The molecule has 0 aliphatic carbocycles. The second-order valence-electron chi connectivity index (χ2n) is 13.1. The summed E-state index contributed by atoms with van der Waals surface area (Å²) in [6.07, 6.45) is -2.01. The van der Waals surface area contributed by atoms with Crippen molar-refractivity contribution >= 4 is 91.7 Å². The number of H-pyrrole nitrogens is 1. The number of unbranched alkanes of at least 4 members (excludes halogenated alkanes) is 2. The van der Waals surface area contributed by atoms with Gasteiger partial charge in [0.15, 0.2) is 5.65 Å². The Morgan fingerprint density at radius 2 is 1.73 bits per heavy atom. The van der Waals surface area contributed by atoms with E-state index in [9.17, 15) is 57.4 Å². The van der Waals surface area contributed by atoms with Gasteiger partial charge in [-0.1, -0.05) is 39.8 Å². The number of carbonyl (C=O) groups is 5. The Balaban J connectivity index is 1.40. The number of aliphatic carboxylic acids is 2. The Morgan fingerprint density at radius 3 is 2.40 bits per heavy atom. The largest absolute Gasteiger partial charge is 0.490 e. The maximum atomic E-state index is 12.9. The number of nitrogens with one attached hydrogen (secondary N) is 4. The van der Waals surface area contributed by atoms with Gasteiger partial charge in [-0.15, -0.1) is 0 Å². The van der Waals surface area contributed by atoms with Crippen LogP contribution in [0, 0.1) is 11.8 Å². The third-order valence-electron chi connectivity index (χ3n) is 8.10. The number of carboxylic acids is 2. The minimum Gasteiger partial charge on any atom is -0.481 e. The average Bonchev–Trinajstić information content (AvgIpc) is 3.71. The van der Waals surface area contributed by atoms with E-state index in [0.29, 0.717) is 25.0 Å². The molecule has 1 fully saturated rings. The normalized spacial score (nSPS) is 19.2. The summed E-state index contributed by atoms with van der Waals surface area (Å²) < 4.78 is 53.4. The molecule has 3 amide bonds. The van der Waals surface area contributed by atoms with Crippen molar-refractivity contribution in [2.45, 2.75) is 75.5 Å². The first-order valence-electron chi connectivity index (χ1n) is 18.2. The van der Waals surface area contributed by atoms with E-state index in [2.05, 4.69) is 50.9 Å². The van der Waals surface area contributed by atoms with E-state index in [1.165, 1.54) is 32.4 Å². The van der Waals surface area contributed by atoms with E-state index in [-0.39, 0.29) is 66.6 Å². The van der Waals surface area contributed by atoms with E-state index < -0.39 is 96.3 Å². The van der Waals surface area contributed by atoms with E-state index in [4.69, 9.17) is 36.2 Å². The molecule has 15 N–H and O–H groups in total. The standard InChI is InChI=1S/C30H45N8O20P3S2/c31-17(27(44)34-8-3-1-2-6-22(41)35-18(29(46)47)11-24(42)43)15-63-62-10-7-21(40)33-9-4-5-16-13-38(26-25(16)28(45)37-30(32)36-26)23-12-19(39)20(56-23)14-55-60(51,52)58-61(53,54)57-59(48,49)50/h13,17-20,23,39H,1-3,6-12,14-15,31H2,(H,33,40)(H,34,44)(H,35,41)(H,42,43)(H,46,47)(H,51,52)(H,53,54)(H2,48,49,50)(H3,32,36,37,45). The van der Waals surface area contributed by atoms with Crippen LogP contribution in [0.1, 0.15) is 56.7 Å². The van der Waals surface area contributed by atoms with Gasteiger partial charge in [0.05, 0.1) is 42.7 Å². The number of rotatable bonds is 26. The summed E-state index contributed by atoms with van der Waals surface area (Å²) >= 11 is 0. The van der Waals surface area contributed by atoms with Gasteiger partial charge in [0, 0.05) is 43.5 Å². The fourth-order valence-electron chi connectivity index (χ4n) is 5.33. The molecule has 0 spiro atoms. The number of carboxylic acid groups (broad SMARTS) is 2. The van der Waals surface area contributed by atoms with E-state index in [1.807, 2.05) is 0 Å². The van der Waals surface area contributed by atoms with Crippen molar-refractivity contribution in [2.24, 2.45) is 5.73 Å². The maximum Gasteiger partial charge on any atom is 0.490 e. The fourth-order valence-corrected chi connectivity index (χ4v) is 10.5. The minimum atomic E-state index is -5.79. The number of phosphoric ester groups is 1. The average molecular weight is 995 g/mol. The Morgan fingerprint density at radius 1 is 1.02 bits per heavy atom. The summed E-state index contributed by atoms with van der Waals surface area (Å²) in [5.41, 5.74) is 11.1. The Hall–Kier alpha value is -3.88. The summed E-state index contributed by atoms with van der Waals surface area (Å²) in [6, 6.07) is -2.36. The molecule has 7 atom stereocenters. The lowest BCUT2D eigenvalue weighted by Gasteiger charge is -2.19. The summed E-state index contributed by atoms with van der Waals surface area (Å²) in [5, 5.41) is 35.7. The fraction of sp³-hybridized carbons (Fsp3) is 0.567. The number of phosphoric acid groups is 3. The van der Waals surface area contributed by atoms with Crippen LogP contribution >= 0.6 is 45.1 Å². The van der Waals surface area contributed by atoms with Gasteiger partial charge in [-0.25, -0.2) is 18.5 Å². The molecule has 0 radical (unpaired) electrons. The predicted octanol–water partition coefficient (Wildman–Crippen LogP) is -1.41. The van der Waals surface area contributed by atoms with Gasteiger partial charge in [-0.05, 0) is 12.8 Å². The smallest absolute Gasteiger partial charge is 0.481 e. The number of carbonyl (C=O) groups excluding carboxylic acids is 3. The summed E-state index contributed by atoms with van der Waals surface area (Å²) in [7, 11) is -14.3. The van der Waals surface area contributed by atoms with Crippen LogP contribution in [-0.2, 0) is 55.5 Å². The first-order chi connectivity index (χ1) is 29.4. The van der Waals surface area contributed by atoms with Gasteiger partial charge in [0.25, 0.3) is 5.56 Å². The number of nitrogens with zero attached hydrogens (tertiary/aromatic N) is 2. The Labute approximate surface area is 363 Å². The topological polar surface area (TPSA) is 454 Å². The zero-order chi connectivity index (χ0) is 47.1. The first kappa shape index (κ1) is 53.5. The van der Waals surface area contributed by atoms with Crippen LogP contribution in [0.2, 0.25) is 0 Å². The monoisotopic (exact) mass is 994 g/mol. The summed E-state index contributed by atoms with van der Waals surface area (Å²) in [4.78, 5) is 114. The molecular weight excluding hydrogens is 949 g/mol. The number of hydrogen-bond donors (Lipinski definition) is 13. The number of aromatic nitrogens is 3. The molecule has 7 unspecified atom stereocenters. The molecule has 2 aromatic rings. The predicted molar refractivity (Wildman–Crippen MR) is 220 cm³/mol. The molecule has 3 rings (SSSR count). The number of aliphatic hydroxyl groups excluding tert-OH is 1. The highest BCUT2D eigenvalue weighted by Crippen LogP contribution is 2.66. The van der Waals surface area contributed by atoms with Gasteiger partial charge in [-0.3, -0.25) is 33.5 Å². The van der Waals surface area contributed by atoms with E-state index in [0.717, 1.165) is 0 Å². The molecule has 1 aliphatic rings. The summed E-state index contributed by atoms with van der Waals surface area (Å²) in [5.74, 6) is 1.62.